The van der Waals surface area contributed by atoms with Crippen LogP contribution in [0, 0.1) is 0 Å². The van der Waals surface area contributed by atoms with Crippen molar-refractivity contribution in [3.63, 3.8) is 0 Å². The van der Waals surface area contributed by atoms with E-state index >= 15 is 0 Å². The predicted molar refractivity (Wildman–Crippen MR) is 237 cm³/mol. The number of rotatable bonds is 5. The Labute approximate surface area is 325 Å². The molecule has 0 saturated heterocycles. The molecule has 0 radical (unpaired) electrons. The highest BCUT2D eigenvalue weighted by Gasteiger charge is 2.20. The molecule has 3 heterocycles. The first-order valence-electron chi connectivity index (χ1n) is 18.9. The Morgan fingerprint density at radius 2 is 1.07 bits per heavy atom. The Bertz CT molecular complexity index is 3480. The van der Waals surface area contributed by atoms with Gasteiger partial charge in [-0.15, -0.1) is 11.3 Å². The Hall–Kier alpha value is -7.14. The molecule has 0 atom stereocenters. The van der Waals surface area contributed by atoms with Crippen molar-refractivity contribution in [2.24, 2.45) is 0 Å². The Kier molecular flexibility index (Phi) is 6.80. The molecule has 0 bridgehead atoms. The maximum atomic E-state index is 6.69. The van der Waals surface area contributed by atoms with Gasteiger partial charge in [-0.1, -0.05) is 127 Å². The summed E-state index contributed by atoms with van der Waals surface area (Å²) in [6, 6.07) is 67.2. The zero-order valence-electron chi connectivity index (χ0n) is 30.1. The lowest BCUT2D eigenvalue weighted by atomic mass is 10.0. The molecular formula is C52H31NO2S. The van der Waals surface area contributed by atoms with E-state index in [1.807, 2.05) is 23.5 Å². The molecule has 0 N–H and O–H groups in total. The largest absolute Gasteiger partial charge is 0.455 e. The topological polar surface area (TPSA) is 29.5 Å². The fourth-order valence-electron chi connectivity index (χ4n) is 8.66. The number of nitrogens with zero attached hydrogens (tertiary/aromatic N) is 1. The average Bonchev–Trinajstić information content (AvgIpc) is 3.96. The Morgan fingerprint density at radius 1 is 0.357 bits per heavy atom. The summed E-state index contributed by atoms with van der Waals surface area (Å²) in [4.78, 5) is 2.37. The van der Waals surface area contributed by atoms with E-state index in [4.69, 9.17) is 8.83 Å². The van der Waals surface area contributed by atoms with Crippen molar-refractivity contribution < 1.29 is 8.83 Å². The average molecular weight is 734 g/mol. The van der Waals surface area contributed by atoms with Crippen LogP contribution in [-0.4, -0.2) is 0 Å². The molecule has 0 aliphatic heterocycles. The monoisotopic (exact) mass is 733 g/mol. The summed E-state index contributed by atoms with van der Waals surface area (Å²) in [5.74, 6) is 0. The minimum absolute atomic E-state index is 0.905. The number of hydrogen-bond acceptors (Lipinski definition) is 4. The molecule has 0 amide bonds. The fraction of sp³-hybridized carbons (Fsp3) is 0. The van der Waals surface area contributed by atoms with Crippen molar-refractivity contribution in [3.8, 4) is 22.3 Å². The molecule has 0 fully saturated rings. The molecule has 9 aromatic carbocycles. The lowest BCUT2D eigenvalue weighted by Crippen LogP contribution is -2.09. The summed E-state index contributed by atoms with van der Waals surface area (Å²) in [5, 5.41) is 9.43. The molecule has 0 unspecified atom stereocenters. The van der Waals surface area contributed by atoms with Gasteiger partial charge in [0.25, 0.3) is 0 Å². The first-order chi connectivity index (χ1) is 27.7. The van der Waals surface area contributed by atoms with Gasteiger partial charge in [0.2, 0.25) is 0 Å². The van der Waals surface area contributed by atoms with Crippen LogP contribution in [0.3, 0.4) is 0 Å². The van der Waals surface area contributed by atoms with Crippen LogP contribution in [0.15, 0.2) is 197 Å². The molecular weight excluding hydrogens is 703 g/mol. The van der Waals surface area contributed by atoms with E-state index in [1.54, 1.807) is 0 Å². The number of para-hydroxylation sites is 2. The highest BCUT2D eigenvalue weighted by atomic mass is 32.1. The fourth-order valence-corrected chi connectivity index (χ4v) is 9.80. The lowest BCUT2D eigenvalue weighted by molar-refractivity contribution is 0.670. The smallest absolute Gasteiger partial charge is 0.144 e. The third-order valence-electron chi connectivity index (χ3n) is 11.3. The van der Waals surface area contributed by atoms with E-state index in [-0.39, 0.29) is 0 Å². The summed E-state index contributed by atoms with van der Waals surface area (Å²) in [6.07, 6.45) is 0. The van der Waals surface area contributed by atoms with Crippen LogP contribution in [0.5, 0.6) is 0 Å². The van der Waals surface area contributed by atoms with Gasteiger partial charge < -0.3 is 13.7 Å². The minimum Gasteiger partial charge on any atom is -0.455 e. The van der Waals surface area contributed by atoms with Gasteiger partial charge in [0.05, 0.1) is 0 Å². The van der Waals surface area contributed by atoms with Crippen LogP contribution in [0.1, 0.15) is 0 Å². The highest BCUT2D eigenvalue weighted by molar-refractivity contribution is 7.26. The van der Waals surface area contributed by atoms with Gasteiger partial charge in [0, 0.05) is 64.3 Å². The summed E-state index contributed by atoms with van der Waals surface area (Å²) in [6.45, 7) is 0. The van der Waals surface area contributed by atoms with E-state index in [2.05, 4.69) is 181 Å². The molecule has 12 aromatic rings. The van der Waals surface area contributed by atoms with Crippen molar-refractivity contribution in [2.45, 2.75) is 0 Å². The maximum absolute atomic E-state index is 6.69. The molecule has 56 heavy (non-hydrogen) atoms. The SMILES string of the molecule is c1ccc(-c2cccc(N(c3ccc(-c4cccc5c4oc4ccccc45)cc3)c3ccc4c(c3)sc3ccc5c(oc6ccc7ccccc7c65)c34)c2)cc1. The van der Waals surface area contributed by atoms with Crippen LogP contribution in [0.2, 0.25) is 0 Å². The molecule has 3 nitrogen and oxygen atoms in total. The summed E-state index contributed by atoms with van der Waals surface area (Å²) in [7, 11) is 0. The Morgan fingerprint density at radius 3 is 1.98 bits per heavy atom. The van der Waals surface area contributed by atoms with Crippen molar-refractivity contribution >= 4 is 103 Å². The molecule has 0 spiro atoms. The van der Waals surface area contributed by atoms with Gasteiger partial charge in [-0.2, -0.15) is 0 Å². The van der Waals surface area contributed by atoms with Gasteiger partial charge in [-0.3, -0.25) is 0 Å². The minimum atomic E-state index is 0.905. The van der Waals surface area contributed by atoms with Gasteiger partial charge in [0.1, 0.15) is 22.3 Å². The first kappa shape index (κ1) is 31.2. The number of benzene rings is 9. The second-order valence-corrected chi connectivity index (χ2v) is 15.5. The van der Waals surface area contributed by atoms with Crippen molar-refractivity contribution in [1.29, 1.82) is 0 Å². The lowest BCUT2D eigenvalue weighted by Gasteiger charge is -2.26. The molecule has 3 aromatic heterocycles. The third-order valence-corrected chi connectivity index (χ3v) is 12.4. The Balaban J connectivity index is 1.02. The molecule has 262 valence electrons. The van der Waals surface area contributed by atoms with Crippen LogP contribution in [0.25, 0.3) is 97.1 Å². The second kappa shape index (κ2) is 12.2. The number of hydrogen-bond donors (Lipinski definition) is 0. The quantitative estimate of drug-likeness (QED) is 0.176. The van der Waals surface area contributed by atoms with E-state index in [0.717, 1.165) is 66.7 Å². The number of thiophene rings is 1. The zero-order chi connectivity index (χ0) is 36.7. The zero-order valence-corrected chi connectivity index (χ0v) is 30.9. The normalized spacial score (nSPS) is 11.9. The van der Waals surface area contributed by atoms with Crippen LogP contribution < -0.4 is 4.90 Å². The number of fused-ring (bicyclic) bond motifs is 12. The summed E-state index contributed by atoms with van der Waals surface area (Å²) in [5.41, 5.74) is 11.5. The number of furan rings is 2. The molecule has 0 saturated carbocycles. The third kappa shape index (κ3) is 4.76. The van der Waals surface area contributed by atoms with E-state index in [0.29, 0.717) is 0 Å². The van der Waals surface area contributed by atoms with E-state index in [9.17, 15) is 0 Å². The van der Waals surface area contributed by atoms with Gasteiger partial charge in [0.15, 0.2) is 0 Å². The van der Waals surface area contributed by atoms with E-state index < -0.39 is 0 Å². The first-order valence-corrected chi connectivity index (χ1v) is 19.7. The molecule has 4 heteroatoms. The highest BCUT2D eigenvalue weighted by Crippen LogP contribution is 2.46. The van der Waals surface area contributed by atoms with Gasteiger partial charge >= 0.3 is 0 Å². The van der Waals surface area contributed by atoms with Crippen LogP contribution in [0.4, 0.5) is 17.1 Å². The molecule has 0 aliphatic carbocycles. The van der Waals surface area contributed by atoms with Crippen LogP contribution in [-0.2, 0) is 0 Å². The molecule has 0 aliphatic rings. The standard InChI is InChI=1S/C52H31NO2S/c1-2-10-32(11-3-1)35-13-8-14-37(30-35)53(36-23-20-34(21-24-36)40-17-9-18-42-41-16-6-7-19-45(41)54-51(40)42)38-25-26-43-48(31-38)56-47-29-27-44-49-39-15-5-4-12-33(39)22-28-46(49)55-52(44)50(43)47/h1-31H. The van der Waals surface area contributed by atoms with Gasteiger partial charge in [-0.25, -0.2) is 0 Å². The molecule has 12 rings (SSSR count). The predicted octanol–water partition coefficient (Wildman–Crippen LogP) is 15.8. The van der Waals surface area contributed by atoms with E-state index in [1.165, 1.54) is 47.5 Å². The van der Waals surface area contributed by atoms with Gasteiger partial charge in [-0.05, 0) is 88.1 Å². The summed E-state index contributed by atoms with van der Waals surface area (Å²) < 4.78 is 15.5. The summed E-state index contributed by atoms with van der Waals surface area (Å²) >= 11 is 1.82. The van der Waals surface area contributed by atoms with Crippen molar-refractivity contribution in [2.75, 3.05) is 4.90 Å². The van der Waals surface area contributed by atoms with Crippen LogP contribution >= 0.6 is 11.3 Å². The number of anilines is 3. The van der Waals surface area contributed by atoms with Crippen molar-refractivity contribution in [3.05, 3.63) is 188 Å². The second-order valence-electron chi connectivity index (χ2n) is 14.4. The van der Waals surface area contributed by atoms with Crippen molar-refractivity contribution in [1.82, 2.24) is 0 Å². The maximum Gasteiger partial charge on any atom is 0.144 e.